The molecule has 24 heavy (non-hydrogen) atoms. The molecule has 5 nitrogen and oxygen atoms in total. The Bertz CT molecular complexity index is 761. The van der Waals surface area contributed by atoms with Crippen LogP contribution in [0.1, 0.15) is 5.69 Å². The van der Waals surface area contributed by atoms with Crippen LogP contribution in [-0.4, -0.2) is 36.1 Å². The van der Waals surface area contributed by atoms with Crippen molar-refractivity contribution < 1.29 is 9.88 Å². The van der Waals surface area contributed by atoms with E-state index in [1.165, 1.54) is 11.5 Å². The van der Waals surface area contributed by atoms with Crippen molar-refractivity contribution in [3.63, 3.8) is 0 Å². The first-order valence-corrected chi connectivity index (χ1v) is 8.53. The topological polar surface area (TPSA) is 50.5 Å². The number of nitrogens with zero attached hydrogens (tertiary/aromatic N) is 2. The smallest absolute Gasteiger partial charge is 0.274 e. The third-order valence-electron chi connectivity index (χ3n) is 4.62. The fourth-order valence-electron chi connectivity index (χ4n) is 3.28. The summed E-state index contributed by atoms with van der Waals surface area (Å²) in [4.78, 5) is 15.3. The number of quaternary nitrogens is 1. The minimum absolute atomic E-state index is 0.961. The second kappa shape index (κ2) is 6.84. The molecule has 0 saturated carbocycles. The van der Waals surface area contributed by atoms with Gasteiger partial charge in [0.1, 0.15) is 38.5 Å². The number of H-pyrrole nitrogens is 2. The van der Waals surface area contributed by atoms with Gasteiger partial charge in [0.05, 0.1) is 18.1 Å². The van der Waals surface area contributed by atoms with Gasteiger partial charge < -0.3 is 9.88 Å². The van der Waals surface area contributed by atoms with Crippen molar-refractivity contribution >= 4 is 5.82 Å². The van der Waals surface area contributed by atoms with Crippen molar-refractivity contribution in [2.45, 2.75) is 6.54 Å². The largest absolute Gasteiger partial charge is 0.337 e. The first-order valence-electron chi connectivity index (χ1n) is 8.53. The predicted molar refractivity (Wildman–Crippen MR) is 93.6 cm³/mol. The fraction of sp³-hybridized carbons (Fsp3) is 0.263. The van der Waals surface area contributed by atoms with Crippen molar-refractivity contribution in [2.24, 2.45) is 0 Å². The monoisotopic (exact) mass is 321 g/mol. The van der Waals surface area contributed by atoms with Crippen LogP contribution in [0, 0.1) is 0 Å². The lowest BCUT2D eigenvalue weighted by molar-refractivity contribution is -0.914. The predicted octanol–water partition coefficient (Wildman–Crippen LogP) is 0.796. The van der Waals surface area contributed by atoms with Gasteiger partial charge in [0, 0.05) is 11.6 Å². The number of pyridine rings is 1. The van der Waals surface area contributed by atoms with E-state index in [0.717, 1.165) is 44.1 Å². The van der Waals surface area contributed by atoms with E-state index in [4.69, 9.17) is 0 Å². The summed E-state index contributed by atoms with van der Waals surface area (Å²) in [6.45, 7) is 5.45. The number of piperazine rings is 1. The first kappa shape index (κ1) is 14.9. The maximum Gasteiger partial charge on any atom is 0.274 e. The summed E-state index contributed by atoms with van der Waals surface area (Å²) >= 11 is 0. The van der Waals surface area contributed by atoms with Crippen LogP contribution in [0.3, 0.4) is 0 Å². The average Bonchev–Trinajstić information content (AvgIpc) is 3.12. The Balaban J connectivity index is 1.35. The molecule has 122 valence electrons. The molecule has 1 aromatic carbocycles. The molecule has 4 rings (SSSR count). The van der Waals surface area contributed by atoms with Crippen LogP contribution in [0.4, 0.5) is 5.82 Å². The van der Waals surface area contributed by atoms with Gasteiger partial charge in [0.2, 0.25) is 0 Å². The van der Waals surface area contributed by atoms with Crippen LogP contribution in [0.2, 0.25) is 0 Å². The van der Waals surface area contributed by atoms with Crippen LogP contribution in [0.5, 0.6) is 0 Å². The molecule has 1 fully saturated rings. The molecular formula is C19H23N5+2. The Labute approximate surface area is 142 Å². The summed E-state index contributed by atoms with van der Waals surface area (Å²) in [5.74, 6) is 2.17. The van der Waals surface area contributed by atoms with Crippen LogP contribution in [0.25, 0.3) is 11.4 Å². The second-order valence-corrected chi connectivity index (χ2v) is 6.28. The van der Waals surface area contributed by atoms with Crippen LogP contribution in [-0.2, 0) is 6.54 Å². The van der Waals surface area contributed by atoms with Crippen LogP contribution in [0.15, 0.2) is 60.9 Å². The Morgan fingerprint density at radius 2 is 1.83 bits per heavy atom. The van der Waals surface area contributed by atoms with Crippen molar-refractivity contribution in [1.29, 1.82) is 0 Å². The first-order chi connectivity index (χ1) is 11.9. The normalized spacial score (nSPS) is 15.6. The van der Waals surface area contributed by atoms with Crippen molar-refractivity contribution in [3.8, 4) is 11.4 Å². The highest BCUT2D eigenvalue weighted by Crippen LogP contribution is 2.14. The number of anilines is 1. The number of hydrogen-bond acceptors (Lipinski definition) is 2. The number of aromatic nitrogens is 3. The molecule has 5 heteroatoms. The Kier molecular flexibility index (Phi) is 4.25. The maximum atomic E-state index is 4.53. The van der Waals surface area contributed by atoms with E-state index < -0.39 is 0 Å². The zero-order chi connectivity index (χ0) is 16.2. The Hall–Kier alpha value is -2.66. The SMILES string of the molecule is c1ccc(-c2ncc(C[NH+]3CCN(c4cccc[nH+]4)CC3)[nH]2)cc1. The molecule has 3 heterocycles. The van der Waals surface area contributed by atoms with Crippen LogP contribution < -0.4 is 14.8 Å². The molecule has 0 amide bonds. The summed E-state index contributed by atoms with van der Waals surface area (Å²) in [6.07, 6.45) is 3.97. The summed E-state index contributed by atoms with van der Waals surface area (Å²) < 4.78 is 0. The van der Waals surface area contributed by atoms with Gasteiger partial charge in [0.25, 0.3) is 5.82 Å². The summed E-state index contributed by atoms with van der Waals surface area (Å²) in [6, 6.07) is 16.5. The van der Waals surface area contributed by atoms with Crippen molar-refractivity contribution in [3.05, 3.63) is 66.6 Å². The van der Waals surface area contributed by atoms with Crippen molar-refractivity contribution in [1.82, 2.24) is 9.97 Å². The molecule has 3 aromatic rings. The van der Waals surface area contributed by atoms with Gasteiger partial charge in [-0.3, -0.25) is 4.90 Å². The molecule has 1 aliphatic heterocycles. The highest BCUT2D eigenvalue weighted by molar-refractivity contribution is 5.54. The number of aromatic amines is 2. The lowest BCUT2D eigenvalue weighted by Crippen LogP contribution is -3.13. The standard InChI is InChI=1S/C19H21N5/c1-2-6-16(7-3-1)19-21-14-17(22-19)15-23-10-12-24(13-11-23)18-8-4-5-9-20-18/h1-9,14H,10-13,15H2,(H,21,22)/p+2. The van der Waals surface area contributed by atoms with E-state index in [-0.39, 0.29) is 0 Å². The van der Waals surface area contributed by atoms with Gasteiger partial charge in [-0.25, -0.2) is 9.97 Å². The third-order valence-corrected chi connectivity index (χ3v) is 4.62. The number of hydrogen-bond donors (Lipinski definition) is 2. The van der Waals surface area contributed by atoms with Gasteiger partial charge in [-0.15, -0.1) is 0 Å². The average molecular weight is 321 g/mol. The summed E-state index contributed by atoms with van der Waals surface area (Å²) in [5.41, 5.74) is 2.35. The van der Waals surface area contributed by atoms with Gasteiger partial charge >= 0.3 is 0 Å². The second-order valence-electron chi connectivity index (χ2n) is 6.28. The molecule has 0 atom stereocenters. The molecular weight excluding hydrogens is 298 g/mol. The molecule has 0 spiro atoms. The van der Waals surface area contributed by atoms with E-state index in [1.54, 1.807) is 4.90 Å². The molecule has 0 radical (unpaired) electrons. The Morgan fingerprint density at radius 1 is 1.04 bits per heavy atom. The van der Waals surface area contributed by atoms with E-state index in [9.17, 15) is 0 Å². The lowest BCUT2D eigenvalue weighted by Gasteiger charge is -2.27. The van der Waals surface area contributed by atoms with E-state index >= 15 is 0 Å². The minimum Gasteiger partial charge on any atom is -0.337 e. The Morgan fingerprint density at radius 3 is 2.58 bits per heavy atom. The van der Waals surface area contributed by atoms with Crippen molar-refractivity contribution in [2.75, 3.05) is 31.1 Å². The highest BCUT2D eigenvalue weighted by Gasteiger charge is 2.26. The molecule has 1 aliphatic rings. The summed E-state index contributed by atoms with van der Waals surface area (Å²) in [7, 11) is 0. The molecule has 0 unspecified atom stereocenters. The molecule has 0 bridgehead atoms. The summed E-state index contributed by atoms with van der Waals surface area (Å²) in [5, 5.41) is 0. The van der Waals surface area contributed by atoms with Crippen LogP contribution >= 0.6 is 0 Å². The zero-order valence-corrected chi connectivity index (χ0v) is 13.7. The molecule has 0 aliphatic carbocycles. The quantitative estimate of drug-likeness (QED) is 0.747. The van der Waals surface area contributed by atoms with Gasteiger partial charge in [-0.1, -0.05) is 36.4 Å². The fourth-order valence-corrected chi connectivity index (χ4v) is 3.28. The molecule has 3 N–H and O–H groups in total. The van der Waals surface area contributed by atoms with E-state index in [1.807, 2.05) is 36.7 Å². The minimum atomic E-state index is 0.961. The molecule has 1 saturated heterocycles. The number of nitrogens with one attached hydrogen (secondary N) is 3. The van der Waals surface area contributed by atoms with Gasteiger partial charge in [-0.2, -0.15) is 0 Å². The van der Waals surface area contributed by atoms with E-state index in [2.05, 4.69) is 44.1 Å². The lowest BCUT2D eigenvalue weighted by atomic mass is 10.2. The zero-order valence-electron chi connectivity index (χ0n) is 13.7. The number of benzene rings is 1. The van der Waals surface area contributed by atoms with E-state index in [0.29, 0.717) is 0 Å². The maximum absolute atomic E-state index is 4.53. The highest BCUT2D eigenvalue weighted by atomic mass is 15.3. The third kappa shape index (κ3) is 3.31. The number of imidazole rings is 1. The number of rotatable bonds is 4. The van der Waals surface area contributed by atoms with Gasteiger partial charge in [-0.05, 0) is 6.07 Å². The molecule has 2 aromatic heterocycles. The van der Waals surface area contributed by atoms with Gasteiger partial charge in [0.15, 0.2) is 0 Å².